The zero-order valence-corrected chi connectivity index (χ0v) is 11.4. The Balaban J connectivity index is 2.80. The first kappa shape index (κ1) is 14.7. The van der Waals surface area contributed by atoms with Crippen LogP contribution in [0, 0.1) is 0 Å². The van der Waals surface area contributed by atoms with Crippen molar-refractivity contribution in [3.05, 3.63) is 35.4 Å². The van der Waals surface area contributed by atoms with Crippen LogP contribution in [0.1, 0.15) is 29.8 Å². The maximum Gasteiger partial charge on any atom is 0.253 e. The number of carbonyl (C=O) groups excluding carboxylic acids is 1. The molecule has 4 heteroatoms. The Labute approximate surface area is 108 Å². The number of methoxy groups -OCH3 is 1. The van der Waals surface area contributed by atoms with Crippen LogP contribution < -0.4 is 0 Å². The number of carbonyl (C=O) groups is 1. The van der Waals surface area contributed by atoms with Gasteiger partial charge in [0, 0.05) is 26.3 Å². The fourth-order valence-electron chi connectivity index (χ4n) is 1.83. The minimum atomic E-state index is -0.894. The molecule has 0 atom stereocenters. The summed E-state index contributed by atoms with van der Waals surface area (Å²) in [4.78, 5) is 13.7. The second-order valence-corrected chi connectivity index (χ2v) is 5.11. The minimum Gasteiger partial charge on any atom is -0.389 e. The molecule has 0 aliphatic heterocycles. The van der Waals surface area contributed by atoms with E-state index in [1.54, 1.807) is 34.1 Å². The van der Waals surface area contributed by atoms with Gasteiger partial charge in [0.25, 0.3) is 5.91 Å². The summed E-state index contributed by atoms with van der Waals surface area (Å²) in [5.41, 5.74) is 0.672. The van der Waals surface area contributed by atoms with Gasteiger partial charge < -0.3 is 14.7 Å². The van der Waals surface area contributed by atoms with E-state index in [0.717, 1.165) is 5.56 Å². The number of hydrogen-bond acceptors (Lipinski definition) is 3. The van der Waals surface area contributed by atoms with Crippen LogP contribution in [-0.2, 0) is 11.3 Å². The van der Waals surface area contributed by atoms with Gasteiger partial charge in [-0.25, -0.2) is 0 Å². The van der Waals surface area contributed by atoms with Gasteiger partial charge in [0.15, 0.2) is 0 Å². The van der Waals surface area contributed by atoms with Crippen LogP contribution in [0.2, 0.25) is 0 Å². The van der Waals surface area contributed by atoms with Crippen LogP contribution in [0.25, 0.3) is 0 Å². The molecule has 0 heterocycles. The largest absolute Gasteiger partial charge is 0.389 e. The second-order valence-electron chi connectivity index (χ2n) is 5.11. The summed E-state index contributed by atoms with van der Waals surface area (Å²) in [7, 11) is 3.30. The molecule has 1 aromatic carbocycles. The Morgan fingerprint density at radius 2 is 2.11 bits per heavy atom. The highest BCUT2D eigenvalue weighted by Crippen LogP contribution is 2.11. The monoisotopic (exact) mass is 251 g/mol. The van der Waals surface area contributed by atoms with E-state index < -0.39 is 5.60 Å². The van der Waals surface area contributed by atoms with Crippen molar-refractivity contribution in [3.63, 3.8) is 0 Å². The van der Waals surface area contributed by atoms with Crippen molar-refractivity contribution < 1.29 is 14.6 Å². The van der Waals surface area contributed by atoms with E-state index in [4.69, 9.17) is 4.74 Å². The van der Waals surface area contributed by atoms with E-state index >= 15 is 0 Å². The molecule has 4 nitrogen and oxygen atoms in total. The molecule has 18 heavy (non-hydrogen) atoms. The zero-order valence-electron chi connectivity index (χ0n) is 11.4. The van der Waals surface area contributed by atoms with Gasteiger partial charge in [-0.1, -0.05) is 12.1 Å². The summed E-state index contributed by atoms with van der Waals surface area (Å²) in [6, 6.07) is 7.32. The van der Waals surface area contributed by atoms with Gasteiger partial charge in [0.2, 0.25) is 0 Å². The smallest absolute Gasteiger partial charge is 0.253 e. The van der Waals surface area contributed by atoms with E-state index in [0.29, 0.717) is 18.7 Å². The molecule has 0 aromatic heterocycles. The highest BCUT2D eigenvalue weighted by molar-refractivity contribution is 5.94. The van der Waals surface area contributed by atoms with E-state index in [9.17, 15) is 9.90 Å². The maximum absolute atomic E-state index is 12.2. The molecule has 100 valence electrons. The van der Waals surface area contributed by atoms with E-state index in [2.05, 4.69) is 0 Å². The molecule has 0 spiro atoms. The molecule has 0 aliphatic carbocycles. The lowest BCUT2D eigenvalue weighted by atomic mass is 10.1. The first-order chi connectivity index (χ1) is 8.33. The molecule has 1 N–H and O–H groups in total. The van der Waals surface area contributed by atoms with Crippen molar-refractivity contribution in [1.82, 2.24) is 4.90 Å². The maximum atomic E-state index is 12.2. The van der Waals surface area contributed by atoms with Crippen LogP contribution in [0.15, 0.2) is 24.3 Å². The number of hydrogen-bond donors (Lipinski definition) is 1. The van der Waals surface area contributed by atoms with Crippen molar-refractivity contribution in [1.29, 1.82) is 0 Å². The number of benzene rings is 1. The van der Waals surface area contributed by atoms with Crippen molar-refractivity contribution in [2.45, 2.75) is 26.1 Å². The standard InChI is InChI=1S/C14H21NO3/c1-14(2,17)10-15(3)13(16)12-7-5-6-11(8-12)9-18-4/h5-8,17H,9-10H2,1-4H3. The average molecular weight is 251 g/mol. The van der Waals surface area contributed by atoms with Crippen LogP contribution in [0.4, 0.5) is 0 Å². The molecule has 0 fully saturated rings. The highest BCUT2D eigenvalue weighted by Gasteiger charge is 2.20. The summed E-state index contributed by atoms with van der Waals surface area (Å²) in [6.07, 6.45) is 0. The Bertz CT molecular complexity index is 410. The molecule has 0 aliphatic rings. The van der Waals surface area contributed by atoms with Gasteiger partial charge in [-0.05, 0) is 31.5 Å². The fourth-order valence-corrected chi connectivity index (χ4v) is 1.83. The van der Waals surface area contributed by atoms with Crippen molar-refractivity contribution in [3.8, 4) is 0 Å². The van der Waals surface area contributed by atoms with E-state index in [1.165, 1.54) is 4.90 Å². The molecule has 0 saturated carbocycles. The second kappa shape index (κ2) is 5.98. The molecule has 1 amide bonds. The number of amides is 1. The third kappa shape index (κ3) is 4.47. The number of likely N-dealkylation sites (N-methyl/N-ethyl adjacent to an activating group) is 1. The molecular weight excluding hydrogens is 230 g/mol. The summed E-state index contributed by atoms with van der Waals surface area (Å²) in [5, 5.41) is 9.71. The average Bonchev–Trinajstić information content (AvgIpc) is 2.26. The lowest BCUT2D eigenvalue weighted by molar-refractivity contribution is 0.0368. The number of ether oxygens (including phenoxy) is 1. The zero-order chi connectivity index (χ0) is 13.8. The predicted octanol–water partition coefficient (Wildman–Crippen LogP) is 1.68. The molecule has 1 aromatic rings. The highest BCUT2D eigenvalue weighted by atomic mass is 16.5. The third-order valence-electron chi connectivity index (χ3n) is 2.46. The summed E-state index contributed by atoms with van der Waals surface area (Å²) >= 11 is 0. The van der Waals surface area contributed by atoms with Crippen molar-refractivity contribution in [2.75, 3.05) is 20.7 Å². The van der Waals surface area contributed by atoms with Crippen LogP contribution in [0.3, 0.4) is 0 Å². The molecule has 1 rings (SSSR count). The molecular formula is C14H21NO3. The molecule has 0 radical (unpaired) electrons. The van der Waals surface area contributed by atoms with Crippen molar-refractivity contribution in [2.24, 2.45) is 0 Å². The Kier molecular flexibility index (Phi) is 4.87. The van der Waals surface area contributed by atoms with Gasteiger partial charge in [0.1, 0.15) is 0 Å². The van der Waals surface area contributed by atoms with Crippen LogP contribution >= 0.6 is 0 Å². The van der Waals surface area contributed by atoms with E-state index in [1.807, 2.05) is 18.2 Å². The topological polar surface area (TPSA) is 49.8 Å². The van der Waals surface area contributed by atoms with Gasteiger partial charge in [-0.2, -0.15) is 0 Å². The van der Waals surface area contributed by atoms with Gasteiger partial charge in [-0.15, -0.1) is 0 Å². The summed E-state index contributed by atoms with van der Waals surface area (Å²) < 4.78 is 5.04. The first-order valence-electron chi connectivity index (χ1n) is 5.89. The molecule has 0 saturated heterocycles. The Morgan fingerprint density at radius 1 is 1.44 bits per heavy atom. The summed E-state index contributed by atoms with van der Waals surface area (Å²) in [5.74, 6) is -0.102. The van der Waals surface area contributed by atoms with Gasteiger partial charge in [0.05, 0.1) is 12.2 Å². The SMILES string of the molecule is COCc1cccc(C(=O)N(C)CC(C)(C)O)c1. The number of nitrogens with zero attached hydrogens (tertiary/aromatic N) is 1. The quantitative estimate of drug-likeness (QED) is 0.866. The summed E-state index contributed by atoms with van der Waals surface area (Å²) in [6.45, 7) is 4.13. The molecule has 0 unspecified atom stereocenters. The normalized spacial score (nSPS) is 11.4. The van der Waals surface area contributed by atoms with E-state index in [-0.39, 0.29) is 5.91 Å². The van der Waals surface area contributed by atoms with Crippen molar-refractivity contribution >= 4 is 5.91 Å². The number of aliphatic hydroxyl groups is 1. The first-order valence-corrected chi connectivity index (χ1v) is 5.89. The Hall–Kier alpha value is -1.39. The minimum absolute atomic E-state index is 0.102. The lowest BCUT2D eigenvalue weighted by Crippen LogP contribution is -2.39. The molecule has 0 bridgehead atoms. The van der Waals surface area contributed by atoms with Crippen LogP contribution in [0.5, 0.6) is 0 Å². The number of rotatable bonds is 5. The van der Waals surface area contributed by atoms with Gasteiger partial charge >= 0.3 is 0 Å². The predicted molar refractivity (Wildman–Crippen MR) is 70.4 cm³/mol. The van der Waals surface area contributed by atoms with Crippen LogP contribution in [-0.4, -0.2) is 42.2 Å². The fraction of sp³-hybridized carbons (Fsp3) is 0.500. The third-order valence-corrected chi connectivity index (χ3v) is 2.46. The van der Waals surface area contributed by atoms with Gasteiger partial charge in [-0.3, -0.25) is 4.79 Å². The Morgan fingerprint density at radius 3 is 2.67 bits per heavy atom. The lowest BCUT2D eigenvalue weighted by Gasteiger charge is -2.25.